The number of benzene rings is 1. The third kappa shape index (κ3) is 4.83. The molecule has 7 heteroatoms. The lowest BCUT2D eigenvalue weighted by Crippen LogP contribution is -2.09. The van der Waals surface area contributed by atoms with E-state index in [4.69, 9.17) is 9.84 Å². The van der Waals surface area contributed by atoms with Crippen molar-refractivity contribution in [2.75, 3.05) is 6.61 Å². The summed E-state index contributed by atoms with van der Waals surface area (Å²) in [6, 6.07) is 3.80. The maximum Gasteiger partial charge on any atom is 0.387 e. The highest BCUT2D eigenvalue weighted by Crippen LogP contribution is 2.24. The van der Waals surface area contributed by atoms with Crippen LogP contribution in [-0.4, -0.2) is 30.3 Å². The predicted molar refractivity (Wildman–Crippen MR) is 65.0 cm³/mol. The van der Waals surface area contributed by atoms with Crippen LogP contribution in [0, 0.1) is 0 Å². The van der Waals surface area contributed by atoms with Crippen molar-refractivity contribution in [3.8, 4) is 5.75 Å². The van der Waals surface area contributed by atoms with E-state index in [1.54, 1.807) is 6.92 Å². The van der Waals surface area contributed by atoms with Gasteiger partial charge in [0.25, 0.3) is 0 Å². The minimum Gasteiger partial charge on any atom is -0.481 e. The fraction of sp³-hybridized carbons (Fsp3) is 0.385. The van der Waals surface area contributed by atoms with Crippen LogP contribution < -0.4 is 4.74 Å². The van der Waals surface area contributed by atoms with Crippen LogP contribution in [-0.2, 0) is 16.0 Å². The molecule has 0 atom stereocenters. The fourth-order valence-corrected chi connectivity index (χ4v) is 1.57. The number of aliphatic carboxylic acids is 1. The van der Waals surface area contributed by atoms with E-state index in [1.165, 1.54) is 18.2 Å². The number of carboxylic acid groups (broad SMARTS) is 1. The highest BCUT2D eigenvalue weighted by Gasteiger charge is 2.15. The summed E-state index contributed by atoms with van der Waals surface area (Å²) < 4.78 is 33.6. The van der Waals surface area contributed by atoms with E-state index in [-0.39, 0.29) is 36.3 Å². The minimum atomic E-state index is -3.02. The van der Waals surface area contributed by atoms with Crippen molar-refractivity contribution < 1.29 is 33.0 Å². The quantitative estimate of drug-likeness (QED) is 0.780. The molecular weight excluding hydrogens is 274 g/mol. The molecule has 0 saturated heterocycles. The first-order valence-corrected chi connectivity index (χ1v) is 5.90. The van der Waals surface area contributed by atoms with Crippen molar-refractivity contribution in [2.45, 2.75) is 26.4 Å². The number of ether oxygens (including phenoxy) is 2. The second kappa shape index (κ2) is 7.42. The molecule has 0 aromatic heterocycles. The number of halogens is 2. The van der Waals surface area contributed by atoms with E-state index in [0.717, 1.165) is 0 Å². The topological polar surface area (TPSA) is 72.8 Å². The SMILES string of the molecule is CCOC(=O)c1ccc(OC(F)F)c(CCC(=O)O)c1. The first kappa shape index (κ1) is 15.9. The molecule has 1 N–H and O–H groups in total. The Hall–Kier alpha value is -2.18. The molecule has 1 aromatic carbocycles. The Morgan fingerprint density at radius 1 is 1.35 bits per heavy atom. The second-order valence-electron chi connectivity index (χ2n) is 3.82. The normalized spacial score (nSPS) is 10.4. The third-order valence-corrected chi connectivity index (χ3v) is 2.40. The van der Waals surface area contributed by atoms with Gasteiger partial charge in [0, 0.05) is 6.42 Å². The Labute approximate surface area is 114 Å². The Morgan fingerprint density at radius 2 is 2.05 bits per heavy atom. The number of rotatable bonds is 7. The number of aryl methyl sites for hydroxylation is 1. The molecule has 110 valence electrons. The number of hydrogen-bond donors (Lipinski definition) is 1. The molecule has 5 nitrogen and oxygen atoms in total. The largest absolute Gasteiger partial charge is 0.481 e. The molecule has 1 rings (SSSR count). The predicted octanol–water partition coefficient (Wildman–Crippen LogP) is 2.48. The number of esters is 1. The van der Waals surface area contributed by atoms with E-state index in [2.05, 4.69) is 4.74 Å². The van der Waals surface area contributed by atoms with Gasteiger partial charge in [-0.3, -0.25) is 4.79 Å². The highest BCUT2D eigenvalue weighted by molar-refractivity contribution is 5.89. The van der Waals surface area contributed by atoms with Crippen molar-refractivity contribution in [2.24, 2.45) is 0 Å². The molecular formula is C13H14F2O5. The van der Waals surface area contributed by atoms with Gasteiger partial charge in [0.15, 0.2) is 0 Å². The molecule has 0 aliphatic heterocycles. The van der Waals surface area contributed by atoms with Gasteiger partial charge in [0.2, 0.25) is 0 Å². The van der Waals surface area contributed by atoms with Crippen molar-refractivity contribution in [3.63, 3.8) is 0 Å². The molecule has 0 radical (unpaired) electrons. The Morgan fingerprint density at radius 3 is 2.60 bits per heavy atom. The van der Waals surface area contributed by atoms with Gasteiger partial charge < -0.3 is 14.6 Å². The molecule has 0 saturated carbocycles. The van der Waals surface area contributed by atoms with Gasteiger partial charge in [0.05, 0.1) is 12.2 Å². The van der Waals surface area contributed by atoms with Gasteiger partial charge in [0.1, 0.15) is 5.75 Å². The van der Waals surface area contributed by atoms with Crippen molar-refractivity contribution in [1.82, 2.24) is 0 Å². The Kier molecular flexibility index (Phi) is 5.89. The Balaban J connectivity index is 3.00. The van der Waals surface area contributed by atoms with Crippen LogP contribution >= 0.6 is 0 Å². The third-order valence-electron chi connectivity index (χ3n) is 2.40. The van der Waals surface area contributed by atoms with Crippen molar-refractivity contribution in [3.05, 3.63) is 29.3 Å². The summed E-state index contributed by atoms with van der Waals surface area (Å²) in [5.74, 6) is -1.82. The molecule has 0 aliphatic rings. The number of carbonyl (C=O) groups is 2. The van der Waals surface area contributed by atoms with E-state index in [0.29, 0.717) is 0 Å². The zero-order chi connectivity index (χ0) is 15.1. The van der Waals surface area contributed by atoms with Gasteiger partial charge >= 0.3 is 18.6 Å². The summed E-state index contributed by atoms with van der Waals surface area (Å²) in [5.41, 5.74) is 0.382. The smallest absolute Gasteiger partial charge is 0.387 e. The van der Waals surface area contributed by atoms with Crippen LogP contribution in [0.3, 0.4) is 0 Å². The van der Waals surface area contributed by atoms with Gasteiger partial charge in [-0.1, -0.05) is 0 Å². The van der Waals surface area contributed by atoms with E-state index in [9.17, 15) is 18.4 Å². The van der Waals surface area contributed by atoms with Crippen LogP contribution in [0.25, 0.3) is 0 Å². The van der Waals surface area contributed by atoms with Crippen molar-refractivity contribution in [1.29, 1.82) is 0 Å². The van der Waals surface area contributed by atoms with E-state index < -0.39 is 18.6 Å². The van der Waals surface area contributed by atoms with Crippen LogP contribution in [0.4, 0.5) is 8.78 Å². The fourth-order valence-electron chi connectivity index (χ4n) is 1.57. The van der Waals surface area contributed by atoms with Crippen molar-refractivity contribution >= 4 is 11.9 Å². The maximum absolute atomic E-state index is 12.2. The van der Waals surface area contributed by atoms with Gasteiger partial charge in [-0.25, -0.2) is 4.79 Å². The average Bonchev–Trinajstić information content (AvgIpc) is 2.37. The monoisotopic (exact) mass is 288 g/mol. The summed E-state index contributed by atoms with van der Waals surface area (Å²) >= 11 is 0. The molecule has 0 fully saturated rings. The molecule has 0 aliphatic carbocycles. The maximum atomic E-state index is 12.2. The summed E-state index contributed by atoms with van der Waals surface area (Å²) in [4.78, 5) is 22.1. The van der Waals surface area contributed by atoms with Crippen LogP contribution in [0.15, 0.2) is 18.2 Å². The van der Waals surface area contributed by atoms with Crippen LogP contribution in [0.5, 0.6) is 5.75 Å². The molecule has 0 bridgehead atoms. The molecule has 0 unspecified atom stereocenters. The molecule has 0 spiro atoms. The number of carbonyl (C=O) groups excluding carboxylic acids is 1. The van der Waals surface area contributed by atoms with E-state index in [1.807, 2.05) is 0 Å². The van der Waals surface area contributed by atoms with Gasteiger partial charge in [-0.15, -0.1) is 0 Å². The summed E-state index contributed by atoms with van der Waals surface area (Å²) in [6.07, 6.45) is -0.281. The zero-order valence-corrected chi connectivity index (χ0v) is 10.8. The number of carboxylic acids is 1. The average molecular weight is 288 g/mol. The highest BCUT2D eigenvalue weighted by atomic mass is 19.3. The summed E-state index contributed by atoms with van der Waals surface area (Å²) in [6.45, 7) is -1.21. The summed E-state index contributed by atoms with van der Waals surface area (Å²) in [7, 11) is 0. The first-order valence-electron chi connectivity index (χ1n) is 5.90. The second-order valence-corrected chi connectivity index (χ2v) is 3.82. The molecule has 0 heterocycles. The Bertz CT molecular complexity index is 488. The zero-order valence-electron chi connectivity index (χ0n) is 10.8. The van der Waals surface area contributed by atoms with Gasteiger partial charge in [-0.2, -0.15) is 8.78 Å². The van der Waals surface area contributed by atoms with Crippen LogP contribution in [0.1, 0.15) is 29.3 Å². The number of hydrogen-bond acceptors (Lipinski definition) is 4. The lowest BCUT2D eigenvalue weighted by atomic mass is 10.0. The van der Waals surface area contributed by atoms with E-state index >= 15 is 0 Å². The molecule has 1 aromatic rings. The lowest BCUT2D eigenvalue weighted by Gasteiger charge is -2.11. The lowest BCUT2D eigenvalue weighted by molar-refractivity contribution is -0.136. The standard InChI is InChI=1S/C13H14F2O5/c1-2-19-12(18)9-3-5-10(20-13(14)15)8(7-9)4-6-11(16)17/h3,5,7,13H,2,4,6H2,1H3,(H,16,17). The first-order chi connectivity index (χ1) is 9.43. The van der Waals surface area contributed by atoms with Crippen LogP contribution in [0.2, 0.25) is 0 Å². The molecule has 0 amide bonds. The number of alkyl halides is 2. The molecule has 20 heavy (non-hydrogen) atoms. The minimum absolute atomic E-state index is 0.0232. The van der Waals surface area contributed by atoms with Gasteiger partial charge in [-0.05, 0) is 37.1 Å². The summed E-state index contributed by atoms with van der Waals surface area (Å²) in [5, 5.41) is 8.63.